The number of hydrogen-bond acceptors (Lipinski definition) is 1. The zero-order chi connectivity index (χ0) is 12.3. The van der Waals surface area contributed by atoms with Gasteiger partial charge in [0.15, 0.2) is 0 Å². The molecule has 0 spiro atoms. The van der Waals surface area contributed by atoms with E-state index >= 15 is 0 Å². The van der Waals surface area contributed by atoms with Crippen molar-refractivity contribution < 1.29 is 4.79 Å². The van der Waals surface area contributed by atoms with Crippen LogP contribution in [0.25, 0.3) is 0 Å². The van der Waals surface area contributed by atoms with Gasteiger partial charge in [-0.05, 0) is 49.4 Å². The molecule has 0 atom stereocenters. The molecule has 0 unspecified atom stereocenters. The first-order valence-electron chi connectivity index (χ1n) is 6.21. The fraction of sp³-hybridized carbons (Fsp3) is 0.500. The number of benzene rings is 1. The molecule has 2 nitrogen and oxygen atoms in total. The summed E-state index contributed by atoms with van der Waals surface area (Å²) in [5.41, 5.74) is 1.85. The molecule has 1 aliphatic carbocycles. The van der Waals surface area contributed by atoms with Crippen molar-refractivity contribution in [1.82, 2.24) is 5.32 Å². The minimum absolute atomic E-state index is 0.0486. The van der Waals surface area contributed by atoms with E-state index in [0.29, 0.717) is 5.92 Å². The number of aryl methyl sites for hydroxylation is 1. The Morgan fingerprint density at radius 2 is 2.12 bits per heavy atom. The average molecular weight is 296 g/mol. The van der Waals surface area contributed by atoms with Crippen LogP contribution in [-0.4, -0.2) is 12.5 Å². The molecule has 1 saturated carbocycles. The summed E-state index contributed by atoms with van der Waals surface area (Å²) in [5, 5.41) is 3.03. The summed E-state index contributed by atoms with van der Waals surface area (Å²) in [5.74, 6) is 0.739. The Morgan fingerprint density at radius 3 is 2.76 bits per heavy atom. The van der Waals surface area contributed by atoms with Crippen molar-refractivity contribution in [1.29, 1.82) is 0 Å². The zero-order valence-electron chi connectivity index (χ0n) is 10.1. The second kappa shape index (κ2) is 5.67. The van der Waals surface area contributed by atoms with Gasteiger partial charge in [-0.25, -0.2) is 0 Å². The predicted molar refractivity (Wildman–Crippen MR) is 73.2 cm³/mol. The van der Waals surface area contributed by atoms with Gasteiger partial charge in [-0.15, -0.1) is 0 Å². The van der Waals surface area contributed by atoms with Crippen LogP contribution < -0.4 is 5.32 Å². The van der Waals surface area contributed by atoms with Crippen molar-refractivity contribution in [2.75, 3.05) is 6.54 Å². The monoisotopic (exact) mass is 295 g/mol. The third-order valence-electron chi connectivity index (χ3n) is 3.45. The van der Waals surface area contributed by atoms with Crippen LogP contribution in [0.2, 0.25) is 0 Å². The molecule has 17 heavy (non-hydrogen) atoms. The summed E-state index contributed by atoms with van der Waals surface area (Å²) in [4.78, 5) is 11.9. The summed E-state index contributed by atoms with van der Waals surface area (Å²) in [7, 11) is 0. The highest BCUT2D eigenvalue weighted by Gasteiger charge is 2.16. The van der Waals surface area contributed by atoms with Crippen molar-refractivity contribution in [3.8, 4) is 0 Å². The molecular weight excluding hydrogens is 278 g/mol. The number of rotatable bonds is 3. The number of halogens is 1. The van der Waals surface area contributed by atoms with E-state index in [1.807, 2.05) is 25.1 Å². The fourth-order valence-corrected chi connectivity index (χ4v) is 2.59. The van der Waals surface area contributed by atoms with Crippen molar-refractivity contribution in [2.45, 2.75) is 32.6 Å². The lowest BCUT2D eigenvalue weighted by Gasteiger charge is -2.11. The molecule has 1 aliphatic rings. The van der Waals surface area contributed by atoms with Crippen molar-refractivity contribution in [2.24, 2.45) is 5.92 Å². The van der Waals surface area contributed by atoms with Gasteiger partial charge in [0.1, 0.15) is 0 Å². The zero-order valence-corrected chi connectivity index (χ0v) is 11.7. The van der Waals surface area contributed by atoms with E-state index in [-0.39, 0.29) is 5.91 Å². The second-order valence-corrected chi connectivity index (χ2v) is 5.68. The minimum Gasteiger partial charge on any atom is -0.352 e. The lowest BCUT2D eigenvalue weighted by Crippen LogP contribution is -2.28. The maximum atomic E-state index is 11.9. The third-order valence-corrected chi connectivity index (χ3v) is 4.34. The SMILES string of the molecule is Cc1cc(C(=O)NCC2CCCC2)ccc1Br. The van der Waals surface area contributed by atoms with Gasteiger partial charge in [-0.3, -0.25) is 4.79 Å². The van der Waals surface area contributed by atoms with E-state index in [1.54, 1.807) is 0 Å². The molecule has 1 N–H and O–H groups in total. The van der Waals surface area contributed by atoms with Gasteiger partial charge < -0.3 is 5.32 Å². The Morgan fingerprint density at radius 1 is 1.41 bits per heavy atom. The standard InChI is InChI=1S/C14H18BrNO/c1-10-8-12(6-7-13(10)15)14(17)16-9-11-4-2-3-5-11/h6-8,11H,2-5,9H2,1H3,(H,16,17). The van der Waals surface area contributed by atoms with E-state index < -0.39 is 0 Å². The van der Waals surface area contributed by atoms with Crippen LogP contribution in [0.5, 0.6) is 0 Å². The van der Waals surface area contributed by atoms with Gasteiger partial charge in [-0.1, -0.05) is 28.8 Å². The molecule has 2 rings (SSSR count). The molecule has 0 aliphatic heterocycles. The van der Waals surface area contributed by atoms with Crippen LogP contribution in [0.15, 0.2) is 22.7 Å². The molecule has 0 heterocycles. The summed E-state index contributed by atoms with van der Waals surface area (Å²) >= 11 is 3.44. The van der Waals surface area contributed by atoms with Gasteiger partial charge in [0.05, 0.1) is 0 Å². The highest BCUT2D eigenvalue weighted by atomic mass is 79.9. The summed E-state index contributed by atoms with van der Waals surface area (Å²) in [6.07, 6.45) is 5.16. The molecule has 0 aromatic heterocycles. The van der Waals surface area contributed by atoms with Gasteiger partial charge in [0.25, 0.3) is 5.91 Å². The molecular formula is C14H18BrNO. The van der Waals surface area contributed by atoms with Crippen LogP contribution in [-0.2, 0) is 0 Å². The quantitative estimate of drug-likeness (QED) is 0.906. The summed E-state index contributed by atoms with van der Waals surface area (Å²) in [6.45, 7) is 2.83. The van der Waals surface area contributed by atoms with E-state index in [2.05, 4.69) is 21.2 Å². The van der Waals surface area contributed by atoms with Crippen LogP contribution in [0.1, 0.15) is 41.6 Å². The van der Waals surface area contributed by atoms with Gasteiger partial charge in [0.2, 0.25) is 0 Å². The lowest BCUT2D eigenvalue weighted by molar-refractivity contribution is 0.0947. The second-order valence-electron chi connectivity index (χ2n) is 4.82. The average Bonchev–Trinajstić information content (AvgIpc) is 2.82. The Hall–Kier alpha value is -0.830. The molecule has 0 bridgehead atoms. The minimum atomic E-state index is 0.0486. The van der Waals surface area contributed by atoms with E-state index in [0.717, 1.165) is 22.1 Å². The summed E-state index contributed by atoms with van der Waals surface area (Å²) in [6, 6.07) is 5.72. The molecule has 3 heteroatoms. The number of carbonyl (C=O) groups is 1. The lowest BCUT2D eigenvalue weighted by atomic mass is 10.1. The number of amides is 1. The number of hydrogen-bond donors (Lipinski definition) is 1. The van der Waals surface area contributed by atoms with Crippen molar-refractivity contribution >= 4 is 21.8 Å². The van der Waals surface area contributed by atoms with Crippen molar-refractivity contribution in [3.63, 3.8) is 0 Å². The first-order chi connectivity index (χ1) is 8.16. The molecule has 1 amide bonds. The van der Waals surface area contributed by atoms with Gasteiger partial charge in [-0.2, -0.15) is 0 Å². The van der Waals surface area contributed by atoms with E-state index in [1.165, 1.54) is 25.7 Å². The maximum absolute atomic E-state index is 11.9. The maximum Gasteiger partial charge on any atom is 0.251 e. The number of nitrogens with one attached hydrogen (secondary N) is 1. The molecule has 0 saturated heterocycles. The van der Waals surface area contributed by atoms with Crippen molar-refractivity contribution in [3.05, 3.63) is 33.8 Å². The molecule has 1 fully saturated rings. The van der Waals surface area contributed by atoms with Gasteiger partial charge >= 0.3 is 0 Å². The third kappa shape index (κ3) is 3.32. The van der Waals surface area contributed by atoms with Gasteiger partial charge in [0, 0.05) is 16.6 Å². The Kier molecular flexibility index (Phi) is 4.21. The highest BCUT2D eigenvalue weighted by molar-refractivity contribution is 9.10. The Bertz CT molecular complexity index is 411. The highest BCUT2D eigenvalue weighted by Crippen LogP contribution is 2.24. The molecule has 0 radical (unpaired) electrons. The fourth-order valence-electron chi connectivity index (χ4n) is 2.34. The predicted octanol–water partition coefficient (Wildman–Crippen LogP) is 3.68. The number of carbonyl (C=O) groups excluding carboxylic acids is 1. The van der Waals surface area contributed by atoms with E-state index in [4.69, 9.17) is 0 Å². The topological polar surface area (TPSA) is 29.1 Å². The largest absolute Gasteiger partial charge is 0.352 e. The summed E-state index contributed by atoms with van der Waals surface area (Å²) < 4.78 is 1.05. The normalized spacial score (nSPS) is 16.1. The van der Waals surface area contributed by atoms with E-state index in [9.17, 15) is 4.79 Å². The van der Waals surface area contributed by atoms with Crippen LogP contribution in [0, 0.1) is 12.8 Å². The molecule has 1 aromatic carbocycles. The first-order valence-corrected chi connectivity index (χ1v) is 7.00. The van der Waals surface area contributed by atoms with Crippen LogP contribution in [0.4, 0.5) is 0 Å². The Balaban J connectivity index is 1.92. The molecule has 92 valence electrons. The van der Waals surface area contributed by atoms with Crippen LogP contribution >= 0.6 is 15.9 Å². The van der Waals surface area contributed by atoms with Crippen LogP contribution in [0.3, 0.4) is 0 Å². The smallest absolute Gasteiger partial charge is 0.251 e. The Labute approximate surface area is 111 Å². The molecule has 1 aromatic rings. The first kappa shape index (κ1) is 12.6.